The van der Waals surface area contributed by atoms with E-state index in [1.807, 2.05) is 20.0 Å². The molecule has 0 saturated heterocycles. The number of imidazole rings is 1. The van der Waals surface area contributed by atoms with Gasteiger partial charge < -0.3 is 48.9 Å². The monoisotopic (exact) mass is 732 g/mol. The van der Waals surface area contributed by atoms with E-state index in [1.165, 1.54) is 0 Å². The molecule has 0 fully saturated rings. The summed E-state index contributed by atoms with van der Waals surface area (Å²) < 4.78 is 35.6. The van der Waals surface area contributed by atoms with Gasteiger partial charge >= 0.3 is 0 Å². The summed E-state index contributed by atoms with van der Waals surface area (Å²) in [6, 6.07) is 2.17. The normalized spacial score (nSPS) is 13.7. The lowest BCUT2D eigenvalue weighted by atomic mass is 9.88. The number of pyridine rings is 1. The molecule has 0 bridgehead atoms. The number of aromatic nitrogens is 3. The smallest absolute Gasteiger partial charge is 0.246 e. The molecular weight excluding hydrogens is 668 g/mol. The minimum Gasteiger partial charge on any atom is -0.381 e. The number of anilines is 1. The topological polar surface area (TPSA) is 164 Å². The van der Waals surface area contributed by atoms with Gasteiger partial charge in [0, 0.05) is 38.0 Å². The predicted octanol–water partition coefficient (Wildman–Crippen LogP) is 4.19. The van der Waals surface area contributed by atoms with E-state index in [0.717, 1.165) is 36.2 Å². The number of methoxy groups -OCH3 is 1. The second-order valence-electron chi connectivity index (χ2n) is 13.6. The first-order chi connectivity index (χ1) is 25.0. The van der Waals surface area contributed by atoms with Crippen molar-refractivity contribution < 1.29 is 33.2 Å². The zero-order valence-electron chi connectivity index (χ0n) is 32.7. The Hall–Kier alpha value is -3.31. The van der Waals surface area contributed by atoms with Crippen molar-refractivity contribution in [3.8, 4) is 0 Å². The number of hydrogen-bond donors (Lipinski definition) is 3. The Morgan fingerprint density at radius 3 is 2.19 bits per heavy atom. The molecule has 2 unspecified atom stereocenters. The molecule has 0 aliphatic rings. The van der Waals surface area contributed by atoms with Crippen LogP contribution in [0, 0.1) is 5.41 Å². The number of ether oxygens (including phenoxy) is 6. The molecule has 0 aliphatic heterocycles. The van der Waals surface area contributed by atoms with Crippen LogP contribution in [0.15, 0.2) is 34.1 Å². The van der Waals surface area contributed by atoms with E-state index in [0.29, 0.717) is 77.6 Å². The number of hydrogen-bond acceptors (Lipinski definition) is 13. The summed E-state index contributed by atoms with van der Waals surface area (Å²) >= 11 is 0. The van der Waals surface area contributed by atoms with E-state index in [2.05, 4.69) is 76.8 Å². The van der Waals surface area contributed by atoms with E-state index in [4.69, 9.17) is 33.4 Å². The number of nitrogens with one attached hydrogen (secondary N) is 3. The van der Waals surface area contributed by atoms with Crippen LogP contribution < -0.4 is 16.0 Å². The maximum absolute atomic E-state index is 11.9. The predicted molar refractivity (Wildman–Crippen MR) is 206 cm³/mol. The average molecular weight is 733 g/mol. The number of rotatable bonds is 29. The second-order valence-corrected chi connectivity index (χ2v) is 13.6. The fraction of sp³-hybridized carbons (Fsp3) is 0.703. The quantitative estimate of drug-likeness (QED) is 0.0812. The molecule has 0 aromatic carbocycles. The van der Waals surface area contributed by atoms with Crippen LogP contribution in [0.3, 0.4) is 0 Å². The molecule has 294 valence electrons. The maximum Gasteiger partial charge on any atom is 0.246 e. The third kappa shape index (κ3) is 17.9. The van der Waals surface area contributed by atoms with Gasteiger partial charge in [-0.25, -0.2) is 15.0 Å². The maximum atomic E-state index is 11.9. The lowest BCUT2D eigenvalue weighted by Crippen LogP contribution is -2.43. The van der Waals surface area contributed by atoms with Gasteiger partial charge in [0.05, 0.1) is 70.7 Å². The highest BCUT2D eigenvalue weighted by molar-refractivity contribution is 5.79. The standard InChI is InChI=1S/C37H64N8O7/c1-28(2)45-32-24-34(44-33(39-8)12-15-40-14-11-30(47-9)10-13-38-7)41-25-31(32)43-35(45)26-51-22-20-49-18-16-48-17-19-50-21-23-52-27-36(46)42-29(3)37(4,5)6/h12,15,24-25,28-30,38H,8,10-11,13-14,16-23,26-27H2,1-7,9H3,(H,41,44)(H,42,46)/b33-12+,40-15?. The molecular formula is C37H64N8O7. The van der Waals surface area contributed by atoms with E-state index >= 15 is 0 Å². The minimum atomic E-state index is -0.123. The van der Waals surface area contributed by atoms with Crippen molar-refractivity contribution in [1.82, 2.24) is 25.2 Å². The van der Waals surface area contributed by atoms with Gasteiger partial charge in [0.2, 0.25) is 5.91 Å². The molecule has 0 spiro atoms. The molecule has 15 heteroatoms. The molecule has 15 nitrogen and oxygen atoms in total. The first kappa shape index (κ1) is 44.8. The highest BCUT2D eigenvalue weighted by atomic mass is 16.6. The average Bonchev–Trinajstić information content (AvgIpc) is 3.47. The van der Waals surface area contributed by atoms with E-state index in [9.17, 15) is 4.79 Å². The minimum absolute atomic E-state index is 0.00196. The van der Waals surface area contributed by atoms with Gasteiger partial charge in [-0.15, -0.1) is 0 Å². The fourth-order valence-corrected chi connectivity index (χ4v) is 4.77. The van der Waals surface area contributed by atoms with Gasteiger partial charge in [-0.3, -0.25) is 9.79 Å². The number of aliphatic imine (C=N–C) groups is 2. The molecule has 2 heterocycles. The molecule has 1 amide bonds. The summed E-state index contributed by atoms with van der Waals surface area (Å²) in [5, 5.41) is 9.30. The van der Waals surface area contributed by atoms with Crippen LogP contribution in [0.2, 0.25) is 0 Å². The van der Waals surface area contributed by atoms with Gasteiger partial charge in [0.15, 0.2) is 0 Å². The summed E-state index contributed by atoms with van der Waals surface area (Å²) in [5.74, 6) is 1.85. The number of allylic oxidation sites excluding steroid dienone is 1. The third-order valence-electron chi connectivity index (χ3n) is 8.19. The van der Waals surface area contributed by atoms with Crippen LogP contribution >= 0.6 is 0 Å². The number of nitrogens with zero attached hydrogens (tertiary/aromatic N) is 5. The van der Waals surface area contributed by atoms with Crippen molar-refractivity contribution >= 4 is 35.7 Å². The number of amides is 1. The third-order valence-corrected chi connectivity index (χ3v) is 8.19. The molecule has 2 rings (SSSR count). The Labute approximate surface area is 310 Å². The highest BCUT2D eigenvalue weighted by Gasteiger charge is 2.21. The zero-order chi connectivity index (χ0) is 38.2. The van der Waals surface area contributed by atoms with Crippen molar-refractivity contribution in [3.05, 3.63) is 30.0 Å². The summed E-state index contributed by atoms with van der Waals surface area (Å²) in [6.45, 7) is 21.5. The SMILES string of the molecule is C=N/C(=C\C=NCCC(CCNC)OC)Nc1cc2c(cn1)nc(COCCOCCOCCOCCOCC(=O)NC(C)C(C)(C)C)n2C(C)C. The van der Waals surface area contributed by atoms with E-state index < -0.39 is 0 Å². The Balaban J connectivity index is 1.65. The molecule has 52 heavy (non-hydrogen) atoms. The molecule has 3 N–H and O–H groups in total. The van der Waals surface area contributed by atoms with Crippen molar-refractivity contribution in [2.45, 2.75) is 79.2 Å². The van der Waals surface area contributed by atoms with Gasteiger partial charge in [-0.1, -0.05) is 20.8 Å². The molecule has 2 atom stereocenters. The molecule has 2 aromatic rings. The second kappa shape index (κ2) is 25.6. The Morgan fingerprint density at radius 2 is 1.62 bits per heavy atom. The van der Waals surface area contributed by atoms with Crippen LogP contribution in [-0.4, -0.2) is 132 Å². The van der Waals surface area contributed by atoms with E-state index in [-0.39, 0.29) is 36.1 Å². The van der Waals surface area contributed by atoms with Crippen molar-refractivity contribution in [2.75, 3.05) is 92.0 Å². The van der Waals surface area contributed by atoms with Crippen molar-refractivity contribution in [3.63, 3.8) is 0 Å². The molecule has 2 aromatic heterocycles. The first-order valence-electron chi connectivity index (χ1n) is 18.2. The fourth-order valence-electron chi connectivity index (χ4n) is 4.77. The van der Waals surface area contributed by atoms with Crippen LogP contribution in [0.5, 0.6) is 0 Å². The van der Waals surface area contributed by atoms with Gasteiger partial charge in [0.25, 0.3) is 0 Å². The molecule has 0 saturated carbocycles. The molecule has 0 aliphatic carbocycles. The van der Waals surface area contributed by atoms with Crippen molar-refractivity contribution in [1.29, 1.82) is 0 Å². The summed E-state index contributed by atoms with van der Waals surface area (Å²) in [5.41, 5.74) is 1.72. The lowest BCUT2D eigenvalue weighted by molar-refractivity contribution is -0.127. The summed E-state index contributed by atoms with van der Waals surface area (Å²) in [4.78, 5) is 29.8. The van der Waals surface area contributed by atoms with Crippen LogP contribution in [0.25, 0.3) is 11.0 Å². The van der Waals surface area contributed by atoms with Gasteiger partial charge in [-0.05, 0) is 65.4 Å². The summed E-state index contributed by atoms with van der Waals surface area (Å²) in [7, 11) is 3.66. The Kier molecular flexibility index (Phi) is 22.1. The number of fused-ring (bicyclic) bond motifs is 1. The van der Waals surface area contributed by atoms with Gasteiger partial charge in [-0.2, -0.15) is 0 Å². The van der Waals surface area contributed by atoms with Gasteiger partial charge in [0.1, 0.15) is 36.2 Å². The largest absolute Gasteiger partial charge is 0.381 e. The van der Waals surface area contributed by atoms with Crippen LogP contribution in [0.4, 0.5) is 5.82 Å². The van der Waals surface area contributed by atoms with Crippen LogP contribution in [0.1, 0.15) is 66.3 Å². The first-order valence-corrected chi connectivity index (χ1v) is 18.2. The van der Waals surface area contributed by atoms with Crippen LogP contribution in [-0.2, 0) is 39.8 Å². The zero-order valence-corrected chi connectivity index (χ0v) is 32.7. The Bertz CT molecular complexity index is 1360. The summed E-state index contributed by atoms with van der Waals surface area (Å²) in [6.07, 6.45) is 7.19. The Morgan fingerprint density at radius 1 is 0.981 bits per heavy atom. The number of carbonyl (C=O) groups is 1. The van der Waals surface area contributed by atoms with E-state index in [1.54, 1.807) is 25.6 Å². The number of carbonyl (C=O) groups excluding carboxylic acids is 1. The highest BCUT2D eigenvalue weighted by Crippen LogP contribution is 2.24. The molecule has 0 radical (unpaired) electrons. The van der Waals surface area contributed by atoms with Crippen molar-refractivity contribution in [2.24, 2.45) is 15.4 Å². The lowest BCUT2D eigenvalue weighted by Gasteiger charge is -2.28.